The Labute approximate surface area is 231 Å². The molecule has 5 rings (SSSR count). The molecule has 0 heterocycles. The zero-order valence-electron chi connectivity index (χ0n) is 22.8. The van der Waals surface area contributed by atoms with E-state index in [0.717, 1.165) is 11.3 Å². The largest absolute Gasteiger partial charge is 0.505 e. The Morgan fingerprint density at radius 1 is 1.07 bits per heavy atom. The number of benzene rings is 2. The van der Waals surface area contributed by atoms with Gasteiger partial charge < -0.3 is 26.6 Å². The zero-order valence-corrected chi connectivity index (χ0v) is 22.8. The van der Waals surface area contributed by atoms with Gasteiger partial charge in [0.15, 0.2) is 34.7 Å². The van der Waals surface area contributed by atoms with Crippen LogP contribution in [0.15, 0.2) is 30.3 Å². The Morgan fingerprint density at radius 3 is 2.25 bits per heavy atom. The number of fused-ring (bicyclic) bond motifs is 3. The van der Waals surface area contributed by atoms with E-state index in [4.69, 9.17) is 11.5 Å². The van der Waals surface area contributed by atoms with Gasteiger partial charge in [-0.3, -0.25) is 24.0 Å². The molecule has 2 fully saturated rings. The van der Waals surface area contributed by atoms with Crippen LogP contribution in [0.2, 0.25) is 0 Å². The van der Waals surface area contributed by atoms with Crippen LogP contribution in [0.1, 0.15) is 36.2 Å². The monoisotopic (exact) mass is 547 g/mol. The summed E-state index contributed by atoms with van der Waals surface area (Å²) in [5.41, 5.74) is 11.4. The molecule has 0 radical (unpaired) electrons. The lowest BCUT2D eigenvalue weighted by molar-refractivity contribution is -0.182. The van der Waals surface area contributed by atoms with Gasteiger partial charge in [-0.05, 0) is 59.6 Å². The van der Waals surface area contributed by atoms with Crippen LogP contribution in [0.4, 0.5) is 11.4 Å². The summed E-state index contributed by atoms with van der Waals surface area (Å²) in [5, 5.41) is 22.6. The molecule has 3 aliphatic carbocycles. The number of amides is 1. The third-order valence-electron chi connectivity index (χ3n) is 9.04. The van der Waals surface area contributed by atoms with Gasteiger partial charge in [0.25, 0.3) is 0 Å². The van der Waals surface area contributed by atoms with Gasteiger partial charge in [-0.2, -0.15) is 0 Å². The predicted octanol–water partition coefficient (Wildman–Crippen LogP) is 1.52. The number of hydrogen-bond acceptors (Lipinski definition) is 9. The molecule has 210 valence electrons. The van der Waals surface area contributed by atoms with E-state index in [0.29, 0.717) is 11.1 Å². The lowest BCUT2D eigenvalue weighted by atomic mass is 9.49. The van der Waals surface area contributed by atoms with E-state index in [1.807, 2.05) is 43.3 Å². The van der Waals surface area contributed by atoms with E-state index in [1.165, 1.54) is 0 Å². The maximum Gasteiger partial charge on any atom is 0.235 e. The Hall–Kier alpha value is -4.05. The zero-order chi connectivity index (χ0) is 29.4. The minimum Gasteiger partial charge on any atom is -0.505 e. The van der Waals surface area contributed by atoms with Gasteiger partial charge in [0.1, 0.15) is 5.75 Å². The van der Waals surface area contributed by atoms with Crippen LogP contribution in [0.5, 0.6) is 5.75 Å². The van der Waals surface area contributed by atoms with E-state index in [9.17, 15) is 34.2 Å². The van der Waals surface area contributed by atoms with Crippen molar-refractivity contribution in [2.45, 2.75) is 32.3 Å². The van der Waals surface area contributed by atoms with Crippen molar-refractivity contribution in [2.75, 3.05) is 24.7 Å². The molecule has 6 N–H and O–H groups in total. The number of rotatable bonds is 4. The van der Waals surface area contributed by atoms with Gasteiger partial charge in [-0.15, -0.1) is 0 Å². The summed E-state index contributed by atoms with van der Waals surface area (Å²) >= 11 is 0. The topological polar surface area (TPSA) is 181 Å². The highest BCUT2D eigenvalue weighted by molar-refractivity contribution is 6.32. The number of ketones is 4. The number of nitrogens with zero attached hydrogens (tertiary/aromatic N) is 1. The number of anilines is 2. The van der Waals surface area contributed by atoms with Crippen molar-refractivity contribution in [3.63, 3.8) is 0 Å². The normalized spacial score (nSPS) is 29.6. The Morgan fingerprint density at radius 2 is 1.70 bits per heavy atom. The van der Waals surface area contributed by atoms with Crippen molar-refractivity contribution < 1.29 is 34.2 Å². The number of nitrogen functional groups attached to an aromatic ring is 1. The second-order valence-electron chi connectivity index (χ2n) is 11.8. The average molecular weight is 548 g/mol. The summed E-state index contributed by atoms with van der Waals surface area (Å²) in [6, 6.07) is 9.16. The van der Waals surface area contributed by atoms with Crippen molar-refractivity contribution in [3.8, 4) is 16.9 Å². The van der Waals surface area contributed by atoms with Crippen LogP contribution in [0.25, 0.3) is 11.1 Å². The molecule has 2 aromatic carbocycles. The van der Waals surface area contributed by atoms with Crippen molar-refractivity contribution in [1.29, 1.82) is 0 Å². The first-order valence-corrected chi connectivity index (χ1v) is 13.3. The lowest BCUT2D eigenvalue weighted by Crippen LogP contribution is -2.71. The highest BCUT2D eigenvalue weighted by Gasteiger charge is 2.69. The second kappa shape index (κ2) is 9.26. The maximum absolute atomic E-state index is 14.0. The molecule has 3 aliphatic rings. The molecule has 0 bridgehead atoms. The number of Topliss-reactive ketones (excluding diaryl/α,β-unsaturated/α-hetero) is 4. The SMILES string of the molecule is CC(C)[C@@H]1C(=O)C(C(N)=O)C(=O)[C@@]2(O)C(=O)C3C(=O)c4c(O)c(N)cc(-c5ccc(N(C)C)cc5)c4C[C@H]3C[C@@H]12. The molecule has 10 heteroatoms. The van der Waals surface area contributed by atoms with E-state index in [1.54, 1.807) is 19.9 Å². The standard InChI is InChI=1S/C30H33N3O7/c1-12(2)20-18-10-14-9-17-16(13-5-7-15(8-6-13)33(3)4)11-19(31)24(34)22(17)26(36)21(14)27(37)30(18,40)28(38)23(25(20)35)29(32)39/h5-8,11-12,14,18,20-21,23,34,40H,9-10,31H2,1-4H3,(H2,32,39)/t14-,18-,20-,21?,23?,30-/m0/s1. The number of phenols is 1. The first kappa shape index (κ1) is 27.5. The number of carbonyl (C=O) groups excluding carboxylic acids is 5. The predicted molar refractivity (Wildman–Crippen MR) is 146 cm³/mol. The Bertz CT molecular complexity index is 1480. The quantitative estimate of drug-likeness (QED) is 0.251. The number of aromatic hydroxyl groups is 1. The van der Waals surface area contributed by atoms with Crippen LogP contribution in [0, 0.1) is 35.5 Å². The highest BCUT2D eigenvalue weighted by atomic mass is 16.3. The van der Waals surface area contributed by atoms with E-state index >= 15 is 0 Å². The molecule has 40 heavy (non-hydrogen) atoms. The fraction of sp³-hybridized carbons (Fsp3) is 0.433. The van der Waals surface area contributed by atoms with Crippen LogP contribution < -0.4 is 16.4 Å². The fourth-order valence-electron chi connectivity index (χ4n) is 7.14. The van der Waals surface area contributed by atoms with Gasteiger partial charge >= 0.3 is 0 Å². The molecule has 0 saturated heterocycles. The van der Waals surface area contributed by atoms with Crippen LogP contribution in [-0.4, -0.2) is 58.9 Å². The number of hydrogen-bond donors (Lipinski definition) is 4. The second-order valence-corrected chi connectivity index (χ2v) is 11.8. The highest BCUT2D eigenvalue weighted by Crippen LogP contribution is 2.54. The first-order chi connectivity index (χ1) is 18.7. The molecular weight excluding hydrogens is 514 g/mol. The van der Waals surface area contributed by atoms with Crippen molar-refractivity contribution in [1.82, 2.24) is 0 Å². The number of nitrogens with two attached hydrogens (primary N) is 2. The molecule has 0 aliphatic heterocycles. The van der Waals surface area contributed by atoms with Gasteiger partial charge in [-0.1, -0.05) is 26.0 Å². The number of aliphatic hydroxyl groups is 1. The molecule has 0 aromatic heterocycles. The molecule has 1 amide bonds. The van der Waals surface area contributed by atoms with Gasteiger partial charge in [-0.25, -0.2) is 0 Å². The third kappa shape index (κ3) is 3.69. The number of phenolic OH excluding ortho intramolecular Hbond substituents is 1. The summed E-state index contributed by atoms with van der Waals surface area (Å²) in [6.07, 6.45) is 0.198. The van der Waals surface area contributed by atoms with E-state index < -0.39 is 75.9 Å². The maximum atomic E-state index is 14.0. The average Bonchev–Trinajstić information content (AvgIpc) is 2.88. The van der Waals surface area contributed by atoms with Crippen molar-refractivity contribution in [3.05, 3.63) is 41.5 Å². The molecular formula is C30H33N3O7. The lowest BCUT2D eigenvalue weighted by Gasteiger charge is -2.52. The smallest absolute Gasteiger partial charge is 0.235 e. The Balaban J connectivity index is 1.66. The van der Waals surface area contributed by atoms with Gasteiger partial charge in [0.2, 0.25) is 5.91 Å². The first-order valence-electron chi connectivity index (χ1n) is 13.3. The van der Waals surface area contributed by atoms with Crippen molar-refractivity contribution in [2.24, 2.45) is 41.2 Å². The minimum atomic E-state index is -2.72. The van der Waals surface area contributed by atoms with Crippen molar-refractivity contribution >= 4 is 40.4 Å². The molecule has 0 spiro atoms. The fourth-order valence-corrected chi connectivity index (χ4v) is 7.14. The summed E-state index contributed by atoms with van der Waals surface area (Å²) in [4.78, 5) is 68.7. The molecule has 2 unspecified atom stereocenters. The molecule has 6 atom stereocenters. The summed E-state index contributed by atoms with van der Waals surface area (Å²) in [7, 11) is 3.82. The Kier molecular flexibility index (Phi) is 6.37. The van der Waals surface area contributed by atoms with Gasteiger partial charge in [0, 0.05) is 31.6 Å². The van der Waals surface area contributed by atoms with Crippen LogP contribution >= 0.6 is 0 Å². The summed E-state index contributed by atoms with van der Waals surface area (Å²) in [6.45, 7) is 3.43. The summed E-state index contributed by atoms with van der Waals surface area (Å²) in [5.74, 6) is -12.1. The summed E-state index contributed by atoms with van der Waals surface area (Å²) < 4.78 is 0. The molecule has 10 nitrogen and oxygen atoms in total. The molecule has 2 aromatic rings. The van der Waals surface area contributed by atoms with E-state index in [-0.39, 0.29) is 24.1 Å². The van der Waals surface area contributed by atoms with Crippen LogP contribution in [-0.2, 0) is 25.6 Å². The number of primary amides is 1. The third-order valence-corrected chi connectivity index (χ3v) is 9.04. The number of carbonyl (C=O) groups is 5. The minimum absolute atomic E-state index is 0.0219. The molecule has 2 saturated carbocycles. The van der Waals surface area contributed by atoms with Gasteiger partial charge in [0.05, 0.1) is 17.2 Å². The van der Waals surface area contributed by atoms with E-state index in [2.05, 4.69) is 0 Å². The van der Waals surface area contributed by atoms with Crippen LogP contribution in [0.3, 0.4) is 0 Å².